The van der Waals surface area contributed by atoms with Crippen molar-refractivity contribution in [1.29, 1.82) is 0 Å². The largest absolute Gasteiger partial charge is 0.497 e. The third-order valence-corrected chi connectivity index (χ3v) is 5.15. The van der Waals surface area contributed by atoms with Crippen molar-refractivity contribution in [1.82, 2.24) is 9.47 Å². The Kier molecular flexibility index (Phi) is 3.85. The highest BCUT2D eigenvalue weighted by Crippen LogP contribution is 2.33. The molecule has 1 aromatic heterocycles. The molecule has 1 aliphatic heterocycles. The Morgan fingerprint density at radius 2 is 1.76 bits per heavy atom. The molecule has 0 amide bonds. The molecule has 0 N–H and O–H groups in total. The molecule has 1 aliphatic rings. The number of fused-ring (bicyclic) bond motifs is 1. The van der Waals surface area contributed by atoms with Crippen LogP contribution in [0.5, 0.6) is 5.75 Å². The minimum absolute atomic E-state index is 0.0720. The smallest absolute Gasteiger partial charge is 0.195 e. The van der Waals surface area contributed by atoms with Gasteiger partial charge in [-0.15, -0.1) is 0 Å². The van der Waals surface area contributed by atoms with Crippen LogP contribution in [-0.4, -0.2) is 42.5 Å². The second kappa shape index (κ2) is 6.05. The van der Waals surface area contributed by atoms with Gasteiger partial charge in [0.2, 0.25) is 0 Å². The van der Waals surface area contributed by atoms with Gasteiger partial charge in [-0.1, -0.05) is 18.2 Å². The molecule has 0 bridgehead atoms. The van der Waals surface area contributed by atoms with Gasteiger partial charge in [-0.3, -0.25) is 4.79 Å². The summed E-state index contributed by atoms with van der Waals surface area (Å²) in [6, 6.07) is 16.0. The Morgan fingerprint density at radius 1 is 1.08 bits per heavy atom. The van der Waals surface area contributed by atoms with E-state index in [1.807, 2.05) is 36.4 Å². The van der Waals surface area contributed by atoms with E-state index in [1.165, 1.54) is 0 Å². The fourth-order valence-corrected chi connectivity index (χ4v) is 3.86. The van der Waals surface area contributed by atoms with Crippen molar-refractivity contribution in [3.05, 3.63) is 65.4 Å². The van der Waals surface area contributed by atoms with E-state index < -0.39 is 0 Å². The van der Waals surface area contributed by atoms with Gasteiger partial charge < -0.3 is 14.2 Å². The zero-order chi connectivity index (χ0) is 17.6. The number of carbonyl (C=O) groups excluding carboxylic acids is 1. The Hall–Kier alpha value is -2.59. The Morgan fingerprint density at radius 3 is 2.40 bits per heavy atom. The summed E-state index contributed by atoms with van der Waals surface area (Å²) in [5, 5.41) is 1.04. The number of para-hydroxylation sites is 1. The highest BCUT2D eigenvalue weighted by molar-refractivity contribution is 6.17. The monoisotopic (exact) mass is 334 g/mol. The normalized spacial score (nSPS) is 15.3. The fraction of sp³-hybridized carbons (Fsp3) is 0.286. The van der Waals surface area contributed by atoms with Crippen LogP contribution in [0.3, 0.4) is 0 Å². The number of ketones is 1. The SMILES string of the molecule is COc1ccc(C(=O)c2c(C)n(C3CN(C)C3)c3ccccc23)cc1. The van der Waals surface area contributed by atoms with Crippen molar-refractivity contribution in [2.24, 2.45) is 0 Å². The highest BCUT2D eigenvalue weighted by Gasteiger charge is 2.30. The summed E-state index contributed by atoms with van der Waals surface area (Å²) in [4.78, 5) is 15.5. The maximum atomic E-state index is 13.2. The molecule has 0 spiro atoms. The van der Waals surface area contributed by atoms with Gasteiger partial charge in [0.25, 0.3) is 0 Å². The number of likely N-dealkylation sites (N-methyl/N-ethyl adjacent to an activating group) is 1. The molecule has 0 radical (unpaired) electrons. The highest BCUT2D eigenvalue weighted by atomic mass is 16.5. The third kappa shape index (κ3) is 2.53. The minimum Gasteiger partial charge on any atom is -0.497 e. The summed E-state index contributed by atoms with van der Waals surface area (Å²) in [6.07, 6.45) is 0. The van der Waals surface area contributed by atoms with Crippen molar-refractivity contribution in [2.45, 2.75) is 13.0 Å². The first kappa shape index (κ1) is 15.9. The van der Waals surface area contributed by atoms with E-state index in [2.05, 4.69) is 35.6 Å². The molecule has 128 valence electrons. The van der Waals surface area contributed by atoms with E-state index in [0.717, 1.165) is 41.0 Å². The van der Waals surface area contributed by atoms with Crippen LogP contribution < -0.4 is 4.74 Å². The number of likely N-dealkylation sites (tertiary alicyclic amines) is 1. The Labute approximate surface area is 147 Å². The van der Waals surface area contributed by atoms with Crippen LogP contribution in [0.4, 0.5) is 0 Å². The molecule has 0 unspecified atom stereocenters. The molecule has 25 heavy (non-hydrogen) atoms. The zero-order valence-corrected chi connectivity index (χ0v) is 14.8. The predicted octanol–water partition coefficient (Wildman–Crippen LogP) is 3.68. The topological polar surface area (TPSA) is 34.5 Å². The molecule has 0 atom stereocenters. The number of ether oxygens (including phenoxy) is 1. The Bertz CT molecular complexity index is 934. The molecule has 2 aromatic carbocycles. The van der Waals surface area contributed by atoms with Gasteiger partial charge in [-0.25, -0.2) is 0 Å². The van der Waals surface area contributed by atoms with Gasteiger partial charge in [-0.05, 0) is 44.3 Å². The summed E-state index contributed by atoms with van der Waals surface area (Å²) < 4.78 is 7.54. The number of hydrogen-bond acceptors (Lipinski definition) is 3. The number of carbonyl (C=O) groups is 1. The lowest BCUT2D eigenvalue weighted by Gasteiger charge is -2.38. The lowest BCUT2D eigenvalue weighted by Crippen LogP contribution is -2.45. The first-order chi connectivity index (χ1) is 12.1. The van der Waals surface area contributed by atoms with Crippen molar-refractivity contribution < 1.29 is 9.53 Å². The average Bonchev–Trinajstić information content (AvgIpc) is 2.90. The molecular weight excluding hydrogens is 312 g/mol. The number of benzene rings is 2. The van der Waals surface area contributed by atoms with E-state index in [4.69, 9.17) is 4.74 Å². The van der Waals surface area contributed by atoms with Crippen LogP contribution in [0.15, 0.2) is 48.5 Å². The van der Waals surface area contributed by atoms with E-state index in [9.17, 15) is 4.79 Å². The van der Waals surface area contributed by atoms with Crippen LogP contribution in [0.1, 0.15) is 27.7 Å². The third-order valence-electron chi connectivity index (χ3n) is 5.15. The summed E-state index contributed by atoms with van der Waals surface area (Å²) in [7, 11) is 3.76. The summed E-state index contributed by atoms with van der Waals surface area (Å²) in [5.74, 6) is 0.830. The number of nitrogens with zero attached hydrogens (tertiary/aromatic N) is 2. The van der Waals surface area contributed by atoms with E-state index >= 15 is 0 Å². The van der Waals surface area contributed by atoms with Crippen LogP contribution in [-0.2, 0) is 0 Å². The average molecular weight is 334 g/mol. The number of methoxy groups -OCH3 is 1. The van der Waals surface area contributed by atoms with Crippen molar-refractivity contribution in [2.75, 3.05) is 27.2 Å². The second-order valence-electron chi connectivity index (χ2n) is 6.78. The maximum absolute atomic E-state index is 13.2. The predicted molar refractivity (Wildman–Crippen MR) is 99.6 cm³/mol. The van der Waals surface area contributed by atoms with Crippen LogP contribution in [0.25, 0.3) is 10.9 Å². The van der Waals surface area contributed by atoms with Gasteiger partial charge in [0.15, 0.2) is 5.78 Å². The van der Waals surface area contributed by atoms with Crippen LogP contribution >= 0.6 is 0 Å². The molecule has 4 rings (SSSR count). The number of rotatable bonds is 4. The number of aromatic nitrogens is 1. The van der Waals surface area contributed by atoms with E-state index in [1.54, 1.807) is 7.11 Å². The standard InChI is InChI=1S/C21H22N2O2/c1-14-20(21(24)15-8-10-17(25-3)11-9-15)18-6-4-5-7-19(18)23(14)16-12-22(2)13-16/h4-11,16H,12-13H2,1-3H3. The minimum atomic E-state index is 0.0720. The lowest BCUT2D eigenvalue weighted by molar-refractivity contribution is 0.103. The van der Waals surface area contributed by atoms with Gasteiger partial charge in [0, 0.05) is 35.2 Å². The lowest BCUT2D eigenvalue weighted by atomic mass is 10.0. The number of hydrogen-bond donors (Lipinski definition) is 0. The Balaban J connectivity index is 1.83. The van der Waals surface area contributed by atoms with E-state index in [-0.39, 0.29) is 5.78 Å². The van der Waals surface area contributed by atoms with Crippen LogP contribution in [0.2, 0.25) is 0 Å². The second-order valence-corrected chi connectivity index (χ2v) is 6.78. The molecule has 4 nitrogen and oxygen atoms in total. The van der Waals surface area contributed by atoms with Crippen LogP contribution in [0, 0.1) is 6.92 Å². The van der Waals surface area contributed by atoms with E-state index in [0.29, 0.717) is 11.6 Å². The molecule has 2 heterocycles. The van der Waals surface area contributed by atoms with Gasteiger partial charge >= 0.3 is 0 Å². The fourth-order valence-electron chi connectivity index (χ4n) is 3.86. The molecule has 4 heteroatoms. The summed E-state index contributed by atoms with van der Waals surface area (Å²) >= 11 is 0. The quantitative estimate of drug-likeness (QED) is 0.683. The van der Waals surface area contributed by atoms with Crippen molar-refractivity contribution in [3.8, 4) is 5.75 Å². The van der Waals surface area contributed by atoms with Gasteiger partial charge in [-0.2, -0.15) is 0 Å². The summed E-state index contributed by atoms with van der Waals surface area (Å²) in [6.45, 7) is 4.11. The zero-order valence-electron chi connectivity index (χ0n) is 14.8. The first-order valence-electron chi connectivity index (χ1n) is 8.57. The van der Waals surface area contributed by atoms with Gasteiger partial charge in [0.1, 0.15) is 5.75 Å². The molecule has 0 saturated carbocycles. The van der Waals surface area contributed by atoms with Gasteiger partial charge in [0.05, 0.1) is 18.7 Å². The first-order valence-corrected chi connectivity index (χ1v) is 8.57. The molecule has 1 saturated heterocycles. The van der Waals surface area contributed by atoms with Crippen molar-refractivity contribution in [3.63, 3.8) is 0 Å². The maximum Gasteiger partial charge on any atom is 0.195 e. The molecular formula is C21H22N2O2. The molecule has 1 fully saturated rings. The molecule has 3 aromatic rings. The molecule has 0 aliphatic carbocycles. The van der Waals surface area contributed by atoms with Crippen molar-refractivity contribution >= 4 is 16.7 Å². The summed E-state index contributed by atoms with van der Waals surface area (Å²) in [5.41, 5.74) is 3.71.